The molecule has 0 bridgehead atoms. The van der Waals surface area contributed by atoms with Gasteiger partial charge in [-0.15, -0.1) is 0 Å². The quantitative estimate of drug-likeness (QED) is 0.642. The van der Waals surface area contributed by atoms with Gasteiger partial charge in [0.2, 0.25) is 15.9 Å². The Bertz CT molecular complexity index is 1020. The van der Waals surface area contributed by atoms with E-state index in [1.807, 2.05) is 25.1 Å². The van der Waals surface area contributed by atoms with Crippen LogP contribution in [0.25, 0.3) is 0 Å². The van der Waals surface area contributed by atoms with Gasteiger partial charge in [0, 0.05) is 13.1 Å². The van der Waals surface area contributed by atoms with Crippen LogP contribution >= 0.6 is 0 Å². The summed E-state index contributed by atoms with van der Waals surface area (Å²) in [5, 5.41) is 2.84. The van der Waals surface area contributed by atoms with Crippen molar-refractivity contribution in [3.8, 4) is 5.75 Å². The molecule has 1 amide bonds. The van der Waals surface area contributed by atoms with E-state index < -0.39 is 10.0 Å². The highest BCUT2D eigenvalue weighted by molar-refractivity contribution is 7.92. The van der Waals surface area contributed by atoms with Crippen molar-refractivity contribution in [2.24, 2.45) is 0 Å². The van der Waals surface area contributed by atoms with Crippen LogP contribution in [0, 0.1) is 6.92 Å². The van der Waals surface area contributed by atoms with Gasteiger partial charge in [0.1, 0.15) is 12.3 Å². The maximum atomic E-state index is 12.6. The molecule has 1 saturated heterocycles. The molecule has 0 radical (unpaired) electrons. The average Bonchev–Trinajstić information content (AvgIpc) is 3.23. The maximum absolute atomic E-state index is 12.6. The van der Waals surface area contributed by atoms with Crippen molar-refractivity contribution in [1.29, 1.82) is 0 Å². The normalized spacial score (nSPS) is 14.4. The first-order chi connectivity index (χ1) is 14.8. The van der Waals surface area contributed by atoms with E-state index in [1.54, 1.807) is 12.1 Å². The summed E-state index contributed by atoms with van der Waals surface area (Å²) in [6, 6.07) is 13.4. The van der Waals surface area contributed by atoms with Crippen LogP contribution in [0.1, 0.15) is 29.5 Å². The lowest BCUT2D eigenvalue weighted by Gasteiger charge is -2.24. The predicted octanol–water partition coefficient (Wildman–Crippen LogP) is 2.68. The van der Waals surface area contributed by atoms with Crippen LogP contribution in [0.15, 0.2) is 42.5 Å². The molecule has 1 fully saturated rings. The Labute approximate surface area is 185 Å². The second kappa shape index (κ2) is 10.2. The summed E-state index contributed by atoms with van der Waals surface area (Å²) in [5.74, 6) is 0.0253. The highest BCUT2D eigenvalue weighted by Crippen LogP contribution is 2.30. The first-order valence-electron chi connectivity index (χ1n) is 10.5. The van der Waals surface area contributed by atoms with Crippen molar-refractivity contribution in [2.45, 2.75) is 32.9 Å². The number of nitrogens with zero attached hydrogens (tertiary/aromatic N) is 2. The zero-order valence-electron chi connectivity index (χ0n) is 18.4. The second-order valence-electron chi connectivity index (χ2n) is 8.02. The van der Waals surface area contributed by atoms with Crippen LogP contribution in [0.3, 0.4) is 0 Å². The molecule has 1 heterocycles. The molecular weight excluding hydrogens is 414 g/mol. The molecule has 0 spiro atoms. The zero-order chi connectivity index (χ0) is 22.4. The number of methoxy groups -OCH3 is 1. The summed E-state index contributed by atoms with van der Waals surface area (Å²) in [7, 11) is -2.20. The Balaban J connectivity index is 1.66. The minimum absolute atomic E-state index is 0.313. The summed E-state index contributed by atoms with van der Waals surface area (Å²) in [5.41, 5.74) is 3.44. The number of hydrogen-bond acceptors (Lipinski definition) is 5. The monoisotopic (exact) mass is 445 g/mol. The molecule has 8 heteroatoms. The van der Waals surface area contributed by atoms with Gasteiger partial charge in [-0.25, -0.2) is 8.42 Å². The van der Waals surface area contributed by atoms with Gasteiger partial charge < -0.3 is 10.1 Å². The number of amides is 1. The molecule has 7 nitrogen and oxygen atoms in total. The number of carbonyl (C=O) groups excluding carboxylic acids is 1. The zero-order valence-corrected chi connectivity index (χ0v) is 19.2. The predicted molar refractivity (Wildman–Crippen MR) is 123 cm³/mol. The summed E-state index contributed by atoms with van der Waals surface area (Å²) >= 11 is 0. The van der Waals surface area contributed by atoms with Gasteiger partial charge in [-0.2, -0.15) is 0 Å². The number of carbonyl (C=O) groups is 1. The van der Waals surface area contributed by atoms with E-state index >= 15 is 0 Å². The average molecular weight is 446 g/mol. The Kier molecular flexibility index (Phi) is 7.56. The topological polar surface area (TPSA) is 79.0 Å². The van der Waals surface area contributed by atoms with Crippen LogP contribution in [0.5, 0.6) is 5.75 Å². The minimum atomic E-state index is -3.68. The fraction of sp³-hybridized carbons (Fsp3) is 0.435. The number of hydrogen-bond donors (Lipinski definition) is 1. The second-order valence-corrected chi connectivity index (χ2v) is 9.93. The van der Waals surface area contributed by atoms with E-state index in [0.717, 1.165) is 41.3 Å². The van der Waals surface area contributed by atoms with E-state index in [4.69, 9.17) is 4.74 Å². The summed E-state index contributed by atoms with van der Waals surface area (Å²) < 4.78 is 31.2. The molecule has 0 saturated carbocycles. The van der Waals surface area contributed by atoms with Crippen LogP contribution in [-0.4, -0.2) is 52.2 Å². The van der Waals surface area contributed by atoms with E-state index in [-0.39, 0.29) is 12.5 Å². The number of aryl methyl sites for hydroxylation is 1. The molecule has 1 aliphatic rings. The van der Waals surface area contributed by atoms with Gasteiger partial charge in [0.05, 0.1) is 19.1 Å². The molecule has 0 atom stereocenters. The first kappa shape index (κ1) is 23.1. The van der Waals surface area contributed by atoms with Crippen molar-refractivity contribution >= 4 is 21.6 Å². The highest BCUT2D eigenvalue weighted by Gasteiger charge is 2.24. The third kappa shape index (κ3) is 6.45. The van der Waals surface area contributed by atoms with Gasteiger partial charge in [-0.05, 0) is 61.7 Å². The van der Waals surface area contributed by atoms with Crippen molar-refractivity contribution in [3.05, 3.63) is 59.2 Å². The number of nitrogens with one attached hydrogen (secondary N) is 1. The van der Waals surface area contributed by atoms with E-state index in [1.165, 1.54) is 25.5 Å². The molecule has 1 aliphatic heterocycles. The van der Waals surface area contributed by atoms with Crippen LogP contribution < -0.4 is 14.4 Å². The number of benzene rings is 2. The summed E-state index contributed by atoms with van der Waals surface area (Å²) in [4.78, 5) is 15.1. The van der Waals surface area contributed by atoms with Gasteiger partial charge >= 0.3 is 0 Å². The smallest absolute Gasteiger partial charge is 0.241 e. The number of ether oxygens (including phenoxy) is 1. The summed E-state index contributed by atoms with van der Waals surface area (Å²) in [6.45, 7) is 5.06. The van der Waals surface area contributed by atoms with Gasteiger partial charge in [0.15, 0.2) is 0 Å². The first-order valence-corrected chi connectivity index (χ1v) is 12.3. The Morgan fingerprint density at radius 2 is 1.84 bits per heavy atom. The molecule has 0 aliphatic carbocycles. The van der Waals surface area contributed by atoms with Crippen molar-refractivity contribution < 1.29 is 17.9 Å². The minimum Gasteiger partial charge on any atom is -0.495 e. The fourth-order valence-electron chi connectivity index (χ4n) is 3.80. The molecule has 1 N–H and O–H groups in total. The Morgan fingerprint density at radius 1 is 1.13 bits per heavy atom. The van der Waals surface area contributed by atoms with Crippen molar-refractivity contribution in [1.82, 2.24) is 10.2 Å². The van der Waals surface area contributed by atoms with Crippen LogP contribution in [0.2, 0.25) is 0 Å². The van der Waals surface area contributed by atoms with E-state index in [2.05, 4.69) is 22.3 Å². The molecule has 0 unspecified atom stereocenters. The summed E-state index contributed by atoms with van der Waals surface area (Å²) in [6.07, 6.45) is 3.58. The highest BCUT2D eigenvalue weighted by atomic mass is 32.2. The van der Waals surface area contributed by atoms with E-state index in [9.17, 15) is 13.2 Å². The molecule has 168 valence electrons. The lowest BCUT2D eigenvalue weighted by molar-refractivity contribution is -0.119. The molecule has 0 aromatic heterocycles. The molecule has 3 rings (SSSR count). The van der Waals surface area contributed by atoms with Gasteiger partial charge in [0.25, 0.3) is 0 Å². The van der Waals surface area contributed by atoms with Crippen LogP contribution in [0.4, 0.5) is 5.69 Å². The largest absolute Gasteiger partial charge is 0.495 e. The number of likely N-dealkylation sites (tertiary alicyclic amines) is 1. The number of sulfonamides is 1. The maximum Gasteiger partial charge on any atom is 0.241 e. The lowest BCUT2D eigenvalue weighted by Crippen LogP contribution is -2.40. The van der Waals surface area contributed by atoms with Crippen molar-refractivity contribution in [3.63, 3.8) is 0 Å². The van der Waals surface area contributed by atoms with Gasteiger partial charge in [-0.1, -0.05) is 30.3 Å². The lowest BCUT2D eigenvalue weighted by atomic mass is 10.1. The van der Waals surface area contributed by atoms with E-state index in [0.29, 0.717) is 18.0 Å². The van der Waals surface area contributed by atoms with Crippen LogP contribution in [-0.2, 0) is 27.9 Å². The van der Waals surface area contributed by atoms with Gasteiger partial charge in [-0.3, -0.25) is 14.0 Å². The van der Waals surface area contributed by atoms with Crippen molar-refractivity contribution in [2.75, 3.05) is 37.3 Å². The third-order valence-corrected chi connectivity index (χ3v) is 6.50. The SMILES string of the molecule is COc1ccc(C)cc1N(CC(=O)NCc1cccc(CN2CCCC2)c1)S(C)(=O)=O. The number of rotatable bonds is 9. The Hall–Kier alpha value is -2.58. The fourth-order valence-corrected chi connectivity index (χ4v) is 4.65. The molecule has 2 aromatic rings. The third-order valence-electron chi connectivity index (χ3n) is 5.38. The Morgan fingerprint density at radius 3 is 2.52 bits per heavy atom. The molecule has 2 aromatic carbocycles. The number of anilines is 1. The molecular formula is C23H31N3O4S. The standard InChI is InChI=1S/C23H31N3O4S/c1-18-9-10-22(30-2)21(13-18)26(31(3,28)29)17-23(27)24-15-19-7-6-8-20(14-19)16-25-11-4-5-12-25/h6-10,13-14H,4-5,11-12,15-17H2,1-3H3,(H,24,27). The molecule has 31 heavy (non-hydrogen) atoms.